The first-order chi connectivity index (χ1) is 13.7. The summed E-state index contributed by atoms with van der Waals surface area (Å²) in [6.07, 6.45) is 8.06. The second-order valence-corrected chi connectivity index (χ2v) is 7.74. The van der Waals surface area contributed by atoms with Crippen molar-refractivity contribution in [2.45, 2.75) is 32.6 Å². The number of piperidine rings is 1. The van der Waals surface area contributed by atoms with E-state index in [1.54, 1.807) is 12.4 Å². The number of nitrogens with zero attached hydrogens (tertiary/aromatic N) is 2. The summed E-state index contributed by atoms with van der Waals surface area (Å²) in [6, 6.07) is 16.4. The Hall–Kier alpha value is -2.88. The van der Waals surface area contributed by atoms with Crippen LogP contribution in [0.2, 0.25) is 0 Å². The van der Waals surface area contributed by atoms with Crippen molar-refractivity contribution in [1.82, 2.24) is 14.9 Å². The molecule has 1 atom stereocenters. The summed E-state index contributed by atoms with van der Waals surface area (Å²) in [5, 5.41) is 0. The van der Waals surface area contributed by atoms with Crippen LogP contribution in [0.4, 0.5) is 0 Å². The lowest BCUT2D eigenvalue weighted by Gasteiger charge is -2.33. The highest BCUT2D eigenvalue weighted by Crippen LogP contribution is 2.25. The van der Waals surface area contributed by atoms with Crippen LogP contribution in [0.25, 0.3) is 11.4 Å². The number of amides is 1. The summed E-state index contributed by atoms with van der Waals surface area (Å²) >= 11 is 0. The molecular formula is C24H27N3O. The predicted octanol–water partition coefficient (Wildman–Crippen LogP) is 4.87. The number of likely N-dealkylation sites (tertiary alicyclic amines) is 1. The lowest BCUT2D eigenvalue weighted by molar-refractivity contribution is 0.0668. The molecule has 0 bridgehead atoms. The van der Waals surface area contributed by atoms with E-state index >= 15 is 0 Å². The Balaban J connectivity index is 1.41. The highest BCUT2D eigenvalue weighted by molar-refractivity contribution is 5.95. The van der Waals surface area contributed by atoms with Gasteiger partial charge in [0, 0.05) is 36.6 Å². The molecule has 28 heavy (non-hydrogen) atoms. The molecule has 3 aromatic rings. The summed E-state index contributed by atoms with van der Waals surface area (Å²) in [4.78, 5) is 22.5. The minimum absolute atomic E-state index is 0.133. The molecule has 0 radical (unpaired) electrons. The van der Waals surface area contributed by atoms with Crippen molar-refractivity contribution in [2.24, 2.45) is 5.92 Å². The fourth-order valence-corrected chi connectivity index (χ4v) is 4.14. The van der Waals surface area contributed by atoms with Gasteiger partial charge in [-0.1, -0.05) is 36.4 Å². The molecule has 0 spiro atoms. The molecule has 4 heteroatoms. The van der Waals surface area contributed by atoms with Crippen LogP contribution in [0.3, 0.4) is 0 Å². The average molecular weight is 374 g/mol. The highest BCUT2D eigenvalue weighted by Gasteiger charge is 2.24. The summed E-state index contributed by atoms with van der Waals surface area (Å²) in [6.45, 7) is 3.89. The van der Waals surface area contributed by atoms with Gasteiger partial charge in [-0.2, -0.15) is 0 Å². The van der Waals surface area contributed by atoms with Gasteiger partial charge in [-0.3, -0.25) is 4.79 Å². The molecule has 2 aromatic carbocycles. The van der Waals surface area contributed by atoms with Crippen molar-refractivity contribution in [3.8, 4) is 11.4 Å². The SMILES string of the molecule is Cc1ccccc1CC[C@@H]1CCCN(C(=O)c2cccc(-c3ncc[nH]3)c2)C1. The van der Waals surface area contributed by atoms with Crippen LogP contribution in [0.15, 0.2) is 60.9 Å². The Bertz CT molecular complexity index is 933. The lowest BCUT2D eigenvalue weighted by Crippen LogP contribution is -2.40. The monoisotopic (exact) mass is 373 g/mol. The van der Waals surface area contributed by atoms with Crippen LogP contribution in [-0.2, 0) is 6.42 Å². The van der Waals surface area contributed by atoms with E-state index in [0.29, 0.717) is 5.92 Å². The van der Waals surface area contributed by atoms with Crippen molar-refractivity contribution in [3.05, 3.63) is 77.6 Å². The number of aromatic amines is 1. The first-order valence-corrected chi connectivity index (χ1v) is 10.1. The number of benzene rings is 2. The van der Waals surface area contributed by atoms with E-state index in [1.165, 1.54) is 17.5 Å². The number of hydrogen-bond donors (Lipinski definition) is 1. The third-order valence-corrected chi connectivity index (χ3v) is 5.77. The molecule has 1 saturated heterocycles. The van der Waals surface area contributed by atoms with Gasteiger partial charge in [-0.05, 0) is 61.8 Å². The number of imidazole rings is 1. The first-order valence-electron chi connectivity index (χ1n) is 10.1. The summed E-state index contributed by atoms with van der Waals surface area (Å²) in [7, 11) is 0. The van der Waals surface area contributed by atoms with E-state index in [1.807, 2.05) is 29.2 Å². The van der Waals surface area contributed by atoms with Crippen molar-refractivity contribution in [1.29, 1.82) is 0 Å². The van der Waals surface area contributed by atoms with Gasteiger partial charge in [-0.15, -0.1) is 0 Å². The number of aromatic nitrogens is 2. The predicted molar refractivity (Wildman–Crippen MR) is 112 cm³/mol. The maximum atomic E-state index is 13.1. The summed E-state index contributed by atoms with van der Waals surface area (Å²) in [5.74, 6) is 1.50. The topological polar surface area (TPSA) is 49.0 Å². The minimum atomic E-state index is 0.133. The molecule has 0 saturated carbocycles. The van der Waals surface area contributed by atoms with Crippen LogP contribution in [0.1, 0.15) is 40.7 Å². The zero-order chi connectivity index (χ0) is 19.3. The van der Waals surface area contributed by atoms with Crippen molar-refractivity contribution in [2.75, 3.05) is 13.1 Å². The van der Waals surface area contributed by atoms with Gasteiger partial charge in [0.15, 0.2) is 0 Å². The smallest absolute Gasteiger partial charge is 0.253 e. The number of carbonyl (C=O) groups excluding carboxylic acids is 1. The summed E-state index contributed by atoms with van der Waals surface area (Å²) < 4.78 is 0. The molecule has 1 aliphatic rings. The molecule has 1 aliphatic heterocycles. The summed E-state index contributed by atoms with van der Waals surface area (Å²) in [5.41, 5.74) is 4.48. The van der Waals surface area contributed by atoms with Gasteiger partial charge in [0.25, 0.3) is 5.91 Å². The van der Waals surface area contributed by atoms with Crippen molar-refractivity contribution in [3.63, 3.8) is 0 Å². The molecule has 1 amide bonds. The number of aryl methyl sites for hydroxylation is 2. The van der Waals surface area contributed by atoms with Crippen molar-refractivity contribution >= 4 is 5.91 Å². The van der Waals surface area contributed by atoms with Gasteiger partial charge in [0.05, 0.1) is 0 Å². The van der Waals surface area contributed by atoms with Gasteiger partial charge < -0.3 is 9.88 Å². The number of hydrogen-bond acceptors (Lipinski definition) is 2. The Morgan fingerprint density at radius 1 is 1.21 bits per heavy atom. The Morgan fingerprint density at radius 2 is 2.11 bits per heavy atom. The number of H-pyrrole nitrogens is 1. The molecule has 4 nitrogen and oxygen atoms in total. The normalized spacial score (nSPS) is 16.9. The number of nitrogens with one attached hydrogen (secondary N) is 1. The zero-order valence-electron chi connectivity index (χ0n) is 16.4. The number of carbonyl (C=O) groups is 1. The van der Waals surface area contributed by atoms with E-state index < -0.39 is 0 Å². The maximum Gasteiger partial charge on any atom is 0.253 e. The molecule has 144 valence electrons. The van der Waals surface area contributed by atoms with Gasteiger partial charge in [0.1, 0.15) is 5.82 Å². The molecule has 0 unspecified atom stereocenters. The van der Waals surface area contributed by atoms with Gasteiger partial charge >= 0.3 is 0 Å². The van der Waals surface area contributed by atoms with E-state index in [-0.39, 0.29) is 5.91 Å². The van der Waals surface area contributed by atoms with Gasteiger partial charge in [0.2, 0.25) is 0 Å². The third kappa shape index (κ3) is 4.16. The fourth-order valence-electron chi connectivity index (χ4n) is 4.14. The Kier molecular flexibility index (Phi) is 5.56. The Morgan fingerprint density at radius 3 is 2.93 bits per heavy atom. The molecule has 1 fully saturated rings. The van der Waals surface area contributed by atoms with Crippen LogP contribution >= 0.6 is 0 Å². The van der Waals surface area contributed by atoms with E-state index in [2.05, 4.69) is 41.2 Å². The Labute approximate surface area is 166 Å². The zero-order valence-corrected chi connectivity index (χ0v) is 16.4. The van der Waals surface area contributed by atoms with Crippen LogP contribution in [-0.4, -0.2) is 33.9 Å². The molecule has 1 aromatic heterocycles. The first kappa shape index (κ1) is 18.5. The molecule has 2 heterocycles. The third-order valence-electron chi connectivity index (χ3n) is 5.77. The molecular weight excluding hydrogens is 346 g/mol. The lowest BCUT2D eigenvalue weighted by atomic mass is 9.90. The maximum absolute atomic E-state index is 13.1. The highest BCUT2D eigenvalue weighted by atomic mass is 16.2. The second-order valence-electron chi connectivity index (χ2n) is 7.74. The standard InChI is InChI=1S/C24H27N3O/c1-18-6-2-3-8-20(18)12-11-19-7-5-15-27(17-19)24(28)22-10-4-9-21(16-22)23-25-13-14-26-23/h2-4,6,8-10,13-14,16,19H,5,7,11-12,15,17H2,1H3,(H,25,26)/t19-/m0/s1. The van der Waals surface area contributed by atoms with E-state index in [0.717, 1.165) is 49.3 Å². The van der Waals surface area contributed by atoms with Crippen LogP contribution in [0.5, 0.6) is 0 Å². The van der Waals surface area contributed by atoms with E-state index in [4.69, 9.17) is 0 Å². The van der Waals surface area contributed by atoms with Crippen molar-refractivity contribution < 1.29 is 4.79 Å². The van der Waals surface area contributed by atoms with Crippen LogP contribution < -0.4 is 0 Å². The van der Waals surface area contributed by atoms with Crippen LogP contribution in [0, 0.1) is 12.8 Å². The largest absolute Gasteiger partial charge is 0.345 e. The minimum Gasteiger partial charge on any atom is -0.345 e. The second kappa shape index (κ2) is 8.42. The molecule has 0 aliphatic carbocycles. The number of rotatable bonds is 5. The molecule has 1 N–H and O–H groups in total. The fraction of sp³-hybridized carbons (Fsp3) is 0.333. The average Bonchev–Trinajstić information content (AvgIpc) is 3.28. The molecule has 4 rings (SSSR count). The van der Waals surface area contributed by atoms with E-state index in [9.17, 15) is 4.79 Å². The van der Waals surface area contributed by atoms with Gasteiger partial charge in [-0.25, -0.2) is 4.98 Å². The quantitative estimate of drug-likeness (QED) is 0.694.